The standard InChI is InChI=1S/C9H21N3OS.HI/c1-8(7-13-3)12-9(10-2)11-5-6-14-4;/h8H,5-7H2,1-4H3,(H2,10,11,12);1H. The van der Waals surface area contributed by atoms with Crippen molar-refractivity contribution in [3.05, 3.63) is 0 Å². The van der Waals surface area contributed by atoms with Crippen molar-refractivity contribution in [2.45, 2.75) is 13.0 Å². The van der Waals surface area contributed by atoms with E-state index in [1.54, 1.807) is 14.2 Å². The first kappa shape index (κ1) is 17.7. The Morgan fingerprint density at radius 3 is 2.67 bits per heavy atom. The Labute approximate surface area is 114 Å². The number of ether oxygens (including phenoxy) is 1. The van der Waals surface area contributed by atoms with Gasteiger partial charge >= 0.3 is 0 Å². The molecule has 0 fully saturated rings. The van der Waals surface area contributed by atoms with Crippen LogP contribution in [0.1, 0.15) is 6.92 Å². The molecule has 0 spiro atoms. The Balaban J connectivity index is 0. The van der Waals surface area contributed by atoms with Gasteiger partial charge in [-0.1, -0.05) is 0 Å². The van der Waals surface area contributed by atoms with Gasteiger partial charge in [0.1, 0.15) is 0 Å². The number of thioether (sulfide) groups is 1. The number of hydrogen-bond acceptors (Lipinski definition) is 3. The molecule has 0 bridgehead atoms. The number of rotatable bonds is 6. The largest absolute Gasteiger partial charge is 0.383 e. The van der Waals surface area contributed by atoms with Crippen LogP contribution >= 0.6 is 35.7 Å². The minimum atomic E-state index is 0. The Morgan fingerprint density at radius 2 is 2.20 bits per heavy atom. The summed E-state index contributed by atoms with van der Waals surface area (Å²) in [5.41, 5.74) is 0. The molecule has 0 aliphatic rings. The summed E-state index contributed by atoms with van der Waals surface area (Å²) in [5, 5.41) is 6.45. The SMILES string of the molecule is CN=C(NCCSC)NC(C)COC.I. The molecule has 0 aromatic heterocycles. The molecule has 0 amide bonds. The zero-order chi connectivity index (χ0) is 10.8. The monoisotopic (exact) mass is 347 g/mol. The summed E-state index contributed by atoms with van der Waals surface area (Å²) in [6.45, 7) is 3.68. The van der Waals surface area contributed by atoms with Crippen LogP contribution in [0.25, 0.3) is 0 Å². The number of halogens is 1. The molecule has 1 unspecified atom stereocenters. The van der Waals surface area contributed by atoms with E-state index in [2.05, 4.69) is 28.8 Å². The molecule has 0 rings (SSSR count). The van der Waals surface area contributed by atoms with E-state index in [0.29, 0.717) is 6.61 Å². The second kappa shape index (κ2) is 12.4. The van der Waals surface area contributed by atoms with Crippen molar-refractivity contribution in [2.24, 2.45) is 4.99 Å². The maximum atomic E-state index is 5.03. The van der Waals surface area contributed by atoms with Gasteiger partial charge < -0.3 is 15.4 Å². The van der Waals surface area contributed by atoms with Crippen molar-refractivity contribution in [1.29, 1.82) is 0 Å². The summed E-state index contributed by atoms with van der Waals surface area (Å²) in [7, 11) is 3.47. The molecule has 15 heavy (non-hydrogen) atoms. The smallest absolute Gasteiger partial charge is 0.191 e. The molecule has 4 nitrogen and oxygen atoms in total. The fraction of sp³-hybridized carbons (Fsp3) is 0.889. The average molecular weight is 347 g/mol. The van der Waals surface area contributed by atoms with Crippen LogP contribution in [0.5, 0.6) is 0 Å². The predicted molar refractivity (Wildman–Crippen MR) is 79.6 cm³/mol. The first-order chi connectivity index (χ1) is 6.74. The van der Waals surface area contributed by atoms with E-state index in [1.165, 1.54) is 0 Å². The van der Waals surface area contributed by atoms with Crippen molar-refractivity contribution < 1.29 is 4.74 Å². The summed E-state index contributed by atoms with van der Waals surface area (Å²) in [6, 6.07) is 0.278. The number of guanidine groups is 1. The van der Waals surface area contributed by atoms with Gasteiger partial charge in [-0.2, -0.15) is 11.8 Å². The van der Waals surface area contributed by atoms with Crippen LogP contribution in [0, 0.1) is 0 Å². The molecule has 0 radical (unpaired) electrons. The fourth-order valence-electron chi connectivity index (χ4n) is 0.991. The summed E-state index contributed by atoms with van der Waals surface area (Å²) in [6.07, 6.45) is 2.09. The fourth-order valence-corrected chi connectivity index (χ4v) is 1.30. The van der Waals surface area contributed by atoms with Crippen molar-refractivity contribution in [2.75, 3.05) is 39.3 Å². The normalized spacial score (nSPS) is 12.9. The molecule has 6 heteroatoms. The van der Waals surface area contributed by atoms with Gasteiger partial charge in [0.2, 0.25) is 0 Å². The Hall–Kier alpha value is 0.310. The van der Waals surface area contributed by atoms with Crippen LogP contribution in [0.2, 0.25) is 0 Å². The van der Waals surface area contributed by atoms with E-state index >= 15 is 0 Å². The third kappa shape index (κ3) is 10.6. The van der Waals surface area contributed by atoms with Gasteiger partial charge in [-0.25, -0.2) is 0 Å². The lowest BCUT2D eigenvalue weighted by atomic mass is 10.4. The lowest BCUT2D eigenvalue weighted by Crippen LogP contribution is -2.44. The van der Waals surface area contributed by atoms with E-state index in [0.717, 1.165) is 18.3 Å². The highest BCUT2D eigenvalue weighted by atomic mass is 127. The predicted octanol–water partition coefficient (Wildman–Crippen LogP) is 1.17. The highest BCUT2D eigenvalue weighted by molar-refractivity contribution is 14.0. The van der Waals surface area contributed by atoms with Crippen molar-refractivity contribution in [1.82, 2.24) is 10.6 Å². The van der Waals surface area contributed by atoms with Gasteiger partial charge in [-0.3, -0.25) is 4.99 Å². The zero-order valence-corrected chi connectivity index (χ0v) is 13.0. The van der Waals surface area contributed by atoms with Crippen molar-refractivity contribution in [3.63, 3.8) is 0 Å². The van der Waals surface area contributed by atoms with Crippen molar-refractivity contribution in [3.8, 4) is 0 Å². The topological polar surface area (TPSA) is 45.7 Å². The number of nitrogens with one attached hydrogen (secondary N) is 2. The molecular formula is C9H22IN3OS. The Morgan fingerprint density at radius 1 is 1.53 bits per heavy atom. The quantitative estimate of drug-likeness (QED) is 0.328. The molecule has 2 N–H and O–H groups in total. The van der Waals surface area contributed by atoms with E-state index < -0.39 is 0 Å². The van der Waals surface area contributed by atoms with Gasteiger partial charge in [0, 0.05) is 32.5 Å². The van der Waals surface area contributed by atoms with Gasteiger partial charge in [0.15, 0.2) is 5.96 Å². The minimum Gasteiger partial charge on any atom is -0.383 e. The lowest BCUT2D eigenvalue weighted by Gasteiger charge is -2.16. The van der Waals surface area contributed by atoms with E-state index in [4.69, 9.17) is 4.74 Å². The van der Waals surface area contributed by atoms with Crippen LogP contribution in [-0.2, 0) is 4.74 Å². The highest BCUT2D eigenvalue weighted by Gasteiger charge is 2.03. The maximum absolute atomic E-state index is 5.03. The number of methoxy groups -OCH3 is 1. The average Bonchev–Trinajstić information content (AvgIpc) is 2.17. The number of hydrogen-bond donors (Lipinski definition) is 2. The first-order valence-corrected chi connectivity index (χ1v) is 6.09. The number of aliphatic imine (C=N–C) groups is 1. The molecule has 0 aromatic carbocycles. The van der Waals surface area contributed by atoms with E-state index in [-0.39, 0.29) is 30.0 Å². The van der Waals surface area contributed by atoms with Crippen LogP contribution < -0.4 is 10.6 Å². The van der Waals surface area contributed by atoms with Crippen LogP contribution in [0.4, 0.5) is 0 Å². The Bertz CT molecular complexity index is 169. The van der Waals surface area contributed by atoms with E-state index in [9.17, 15) is 0 Å². The summed E-state index contributed by atoms with van der Waals surface area (Å²) < 4.78 is 5.03. The second-order valence-electron chi connectivity index (χ2n) is 2.99. The van der Waals surface area contributed by atoms with Crippen molar-refractivity contribution >= 4 is 41.7 Å². The first-order valence-electron chi connectivity index (χ1n) is 4.69. The van der Waals surface area contributed by atoms with Crippen LogP contribution in [0.3, 0.4) is 0 Å². The molecule has 92 valence electrons. The Kier molecular flexibility index (Phi) is 14.6. The third-order valence-corrected chi connectivity index (χ3v) is 2.23. The molecule has 0 aliphatic carbocycles. The van der Waals surface area contributed by atoms with Gasteiger partial charge in [-0.15, -0.1) is 24.0 Å². The minimum absolute atomic E-state index is 0. The maximum Gasteiger partial charge on any atom is 0.191 e. The van der Waals surface area contributed by atoms with Crippen LogP contribution in [-0.4, -0.2) is 51.3 Å². The zero-order valence-electron chi connectivity index (χ0n) is 9.87. The molecule has 0 aliphatic heterocycles. The van der Waals surface area contributed by atoms with Gasteiger partial charge in [-0.05, 0) is 13.2 Å². The molecule has 1 atom stereocenters. The summed E-state index contributed by atoms with van der Waals surface area (Å²) in [4.78, 5) is 4.11. The second-order valence-corrected chi connectivity index (χ2v) is 3.98. The molecule has 0 aromatic rings. The molecule has 0 saturated carbocycles. The van der Waals surface area contributed by atoms with Gasteiger partial charge in [0.05, 0.1) is 6.61 Å². The van der Waals surface area contributed by atoms with Crippen LogP contribution in [0.15, 0.2) is 4.99 Å². The lowest BCUT2D eigenvalue weighted by molar-refractivity contribution is 0.179. The van der Waals surface area contributed by atoms with E-state index in [1.807, 2.05) is 11.8 Å². The molecular weight excluding hydrogens is 325 g/mol. The molecule has 0 heterocycles. The summed E-state index contributed by atoms with van der Waals surface area (Å²) in [5.74, 6) is 1.92. The van der Waals surface area contributed by atoms with Gasteiger partial charge in [0.25, 0.3) is 0 Å². The number of nitrogens with zero attached hydrogens (tertiary/aromatic N) is 1. The molecule has 0 saturated heterocycles. The highest BCUT2D eigenvalue weighted by Crippen LogP contribution is 1.87. The third-order valence-electron chi connectivity index (χ3n) is 1.62. The summed E-state index contributed by atoms with van der Waals surface area (Å²) >= 11 is 1.81.